The molecule has 38 heavy (non-hydrogen) atoms. The summed E-state index contributed by atoms with van der Waals surface area (Å²) in [6.45, 7) is 3.30. The molecule has 3 aromatic heterocycles. The highest BCUT2D eigenvalue weighted by atomic mass is 19.1. The highest BCUT2D eigenvalue weighted by Crippen LogP contribution is 2.45. The van der Waals surface area contributed by atoms with Gasteiger partial charge in [0.2, 0.25) is 0 Å². The summed E-state index contributed by atoms with van der Waals surface area (Å²) in [6.07, 6.45) is 4.43. The number of aromatic nitrogens is 6. The second-order valence-corrected chi connectivity index (χ2v) is 10.2. The van der Waals surface area contributed by atoms with E-state index in [1.54, 1.807) is 43.8 Å². The highest BCUT2D eigenvalue weighted by molar-refractivity contribution is 5.81. The summed E-state index contributed by atoms with van der Waals surface area (Å²) in [4.78, 5) is 13.8. The number of benzene rings is 2. The van der Waals surface area contributed by atoms with Gasteiger partial charge in [-0.25, -0.2) is 22.6 Å². The molecule has 0 unspecified atom stereocenters. The Balaban J connectivity index is 1.47. The topological polar surface area (TPSA) is 74.6 Å². The van der Waals surface area contributed by atoms with Crippen molar-refractivity contribution in [3.8, 4) is 17.2 Å². The number of nitrogens with one attached hydrogen (secondary N) is 1. The Morgan fingerprint density at radius 3 is 2.53 bits per heavy atom. The highest BCUT2D eigenvalue weighted by Gasteiger charge is 2.45. The van der Waals surface area contributed by atoms with Gasteiger partial charge < -0.3 is 5.32 Å². The molecule has 5 heterocycles. The second-order valence-electron chi connectivity index (χ2n) is 10.2. The Hall–Kier alpha value is -4.12. The van der Waals surface area contributed by atoms with Gasteiger partial charge >= 0.3 is 5.69 Å². The van der Waals surface area contributed by atoms with Gasteiger partial charge in [0.1, 0.15) is 17.3 Å². The van der Waals surface area contributed by atoms with Gasteiger partial charge in [-0.05, 0) is 62.1 Å². The summed E-state index contributed by atoms with van der Waals surface area (Å²) in [5, 5.41) is 12.4. The lowest BCUT2D eigenvalue weighted by molar-refractivity contribution is 0.245. The molecule has 2 aliphatic rings. The summed E-state index contributed by atoms with van der Waals surface area (Å²) in [5.41, 5.74) is 2.33. The first-order chi connectivity index (χ1) is 18.2. The van der Waals surface area contributed by atoms with Crippen LogP contribution in [0.25, 0.3) is 28.1 Å². The van der Waals surface area contributed by atoms with Crippen LogP contribution in [0.1, 0.15) is 47.4 Å². The Bertz CT molecular complexity index is 1810. The van der Waals surface area contributed by atoms with Crippen LogP contribution in [-0.4, -0.2) is 34.7 Å². The Kier molecular flexibility index (Phi) is 4.81. The molecule has 0 amide bonds. The lowest BCUT2D eigenvalue weighted by Crippen LogP contribution is -2.34. The third kappa shape index (κ3) is 3.05. The number of fused-ring (bicyclic) bond motifs is 5. The molecular formula is C27H24F3N7O. The minimum Gasteiger partial charge on any atom is -0.304 e. The van der Waals surface area contributed by atoms with Crippen molar-refractivity contribution in [2.75, 3.05) is 0 Å². The third-order valence-electron chi connectivity index (χ3n) is 7.85. The molecule has 8 nitrogen and oxygen atoms in total. The maximum absolute atomic E-state index is 15.5. The fourth-order valence-electron chi connectivity index (χ4n) is 5.94. The Morgan fingerprint density at radius 2 is 1.76 bits per heavy atom. The molecule has 194 valence electrons. The number of nitrogens with zero attached hydrogens (tertiary/aromatic N) is 6. The SMILES string of the molecule is Cc1cc(-n2nc3c(c2-n2ccn(-c4ccc5c(cnn5C)c4F)c2=O)[C@H]2CC[C@H](N2)[C@@H]3F)cc(C)c1F. The van der Waals surface area contributed by atoms with Crippen molar-refractivity contribution in [2.45, 2.75) is 44.9 Å². The zero-order chi connectivity index (χ0) is 26.5. The molecule has 1 N–H and O–H groups in total. The molecule has 0 spiro atoms. The molecule has 11 heteroatoms. The van der Waals surface area contributed by atoms with Crippen molar-refractivity contribution >= 4 is 10.9 Å². The summed E-state index contributed by atoms with van der Waals surface area (Å²) in [7, 11) is 1.72. The molecule has 2 aromatic carbocycles. The van der Waals surface area contributed by atoms with Crippen LogP contribution in [0.4, 0.5) is 13.2 Å². The lowest BCUT2D eigenvalue weighted by atomic mass is 10.0. The monoisotopic (exact) mass is 519 g/mol. The average molecular weight is 520 g/mol. The van der Waals surface area contributed by atoms with Gasteiger partial charge in [-0.2, -0.15) is 10.2 Å². The van der Waals surface area contributed by atoms with Crippen molar-refractivity contribution in [2.24, 2.45) is 7.05 Å². The molecule has 0 radical (unpaired) electrons. The smallest absolute Gasteiger partial charge is 0.304 e. The Labute approximate surface area is 214 Å². The molecule has 1 fully saturated rings. The normalized spacial score (nSPS) is 20.4. The third-order valence-corrected chi connectivity index (χ3v) is 7.85. The molecule has 5 aromatic rings. The molecule has 2 aliphatic heterocycles. The first-order valence-electron chi connectivity index (χ1n) is 12.5. The van der Waals surface area contributed by atoms with Gasteiger partial charge in [-0.1, -0.05) is 0 Å². The van der Waals surface area contributed by atoms with Gasteiger partial charge in [-0.15, -0.1) is 0 Å². The number of halogens is 3. The van der Waals surface area contributed by atoms with Crippen molar-refractivity contribution in [1.29, 1.82) is 0 Å². The first-order valence-corrected chi connectivity index (χ1v) is 12.5. The standard InChI is InChI=1S/C27H24F3N7O/c1-13-10-15(11-14(2)22(13)28)37-26(21-17-4-5-18(32-17)24(30)25(21)33-37)36-9-8-35(27(36)38)20-7-6-19-16(23(20)29)12-31-34(19)3/h6-12,17-18,24,32H,4-5H2,1-3H3/t17-,18+,24+/m1/s1. The van der Waals surface area contributed by atoms with Crippen LogP contribution in [-0.2, 0) is 7.05 Å². The molecule has 0 aliphatic carbocycles. The van der Waals surface area contributed by atoms with Crippen molar-refractivity contribution in [3.05, 3.63) is 87.4 Å². The molecule has 7 rings (SSSR count). The molecule has 1 saturated heterocycles. The first kappa shape index (κ1) is 23.0. The number of rotatable bonds is 3. The lowest BCUT2D eigenvalue weighted by Gasteiger charge is -2.24. The van der Waals surface area contributed by atoms with E-state index in [2.05, 4.69) is 15.5 Å². The number of imidazole rings is 1. The van der Waals surface area contributed by atoms with Crippen LogP contribution in [0.3, 0.4) is 0 Å². The van der Waals surface area contributed by atoms with Crippen LogP contribution >= 0.6 is 0 Å². The van der Waals surface area contributed by atoms with E-state index in [0.29, 0.717) is 51.9 Å². The number of alkyl halides is 1. The van der Waals surface area contributed by atoms with Gasteiger partial charge in [0.25, 0.3) is 0 Å². The maximum atomic E-state index is 15.5. The molecular weight excluding hydrogens is 495 g/mol. The van der Waals surface area contributed by atoms with Crippen molar-refractivity contribution in [1.82, 2.24) is 34.0 Å². The zero-order valence-corrected chi connectivity index (χ0v) is 20.9. The fourth-order valence-corrected chi connectivity index (χ4v) is 5.94. The van der Waals surface area contributed by atoms with Crippen LogP contribution in [0.2, 0.25) is 0 Å². The van der Waals surface area contributed by atoms with Crippen molar-refractivity contribution < 1.29 is 13.2 Å². The largest absolute Gasteiger partial charge is 0.338 e. The van der Waals surface area contributed by atoms with Gasteiger partial charge in [0.05, 0.1) is 28.5 Å². The van der Waals surface area contributed by atoms with Gasteiger partial charge in [0.15, 0.2) is 12.0 Å². The van der Waals surface area contributed by atoms with E-state index in [1.165, 1.54) is 38.5 Å². The van der Waals surface area contributed by atoms with Crippen LogP contribution in [0, 0.1) is 25.5 Å². The number of hydrogen-bond acceptors (Lipinski definition) is 4. The summed E-state index contributed by atoms with van der Waals surface area (Å²) in [5.74, 6) is -0.543. The van der Waals surface area contributed by atoms with E-state index < -0.39 is 17.7 Å². The molecule has 3 atom stereocenters. The minimum absolute atomic E-state index is 0.0741. The predicted octanol–water partition coefficient (Wildman–Crippen LogP) is 4.41. The van der Waals surface area contributed by atoms with Gasteiger partial charge in [-0.3, -0.25) is 13.8 Å². The summed E-state index contributed by atoms with van der Waals surface area (Å²) < 4.78 is 51.1. The quantitative estimate of drug-likeness (QED) is 0.383. The molecule has 0 saturated carbocycles. The van der Waals surface area contributed by atoms with Gasteiger partial charge in [0, 0.05) is 37.1 Å². The van der Waals surface area contributed by atoms with Crippen LogP contribution < -0.4 is 11.0 Å². The van der Waals surface area contributed by atoms with Crippen molar-refractivity contribution in [3.63, 3.8) is 0 Å². The van der Waals surface area contributed by atoms with E-state index in [4.69, 9.17) is 0 Å². The number of hydrogen-bond donors (Lipinski definition) is 1. The summed E-state index contributed by atoms with van der Waals surface area (Å²) >= 11 is 0. The van der Waals surface area contributed by atoms with Crippen LogP contribution in [0.15, 0.2) is 47.7 Å². The van der Waals surface area contributed by atoms with E-state index in [0.717, 1.165) is 0 Å². The fraction of sp³-hybridized carbons (Fsp3) is 0.296. The minimum atomic E-state index is -1.35. The molecule has 2 bridgehead atoms. The van der Waals surface area contributed by atoms with E-state index >= 15 is 8.78 Å². The average Bonchev–Trinajstić information content (AvgIpc) is 3.66. The number of aryl methyl sites for hydroxylation is 3. The van der Waals surface area contributed by atoms with E-state index in [1.807, 2.05) is 0 Å². The summed E-state index contributed by atoms with van der Waals surface area (Å²) in [6, 6.07) is 5.96. The van der Waals surface area contributed by atoms with E-state index in [-0.39, 0.29) is 29.3 Å². The van der Waals surface area contributed by atoms with E-state index in [9.17, 15) is 9.18 Å². The second kappa shape index (κ2) is 7.94. The Morgan fingerprint density at radius 1 is 1.03 bits per heavy atom. The maximum Gasteiger partial charge on any atom is 0.338 e. The predicted molar refractivity (Wildman–Crippen MR) is 135 cm³/mol. The van der Waals surface area contributed by atoms with Crippen LogP contribution in [0.5, 0.6) is 0 Å². The zero-order valence-electron chi connectivity index (χ0n) is 20.9.